The number of aromatic nitrogens is 4. The van der Waals surface area contributed by atoms with Crippen LogP contribution in [0.25, 0.3) is 66.6 Å². The minimum Gasteiger partial charge on any atom is -0.294 e. The molecule has 4 nitrogen and oxygen atoms in total. The summed E-state index contributed by atoms with van der Waals surface area (Å²) in [6, 6.07) is 0.642. The fourth-order valence-corrected chi connectivity index (χ4v) is 4.68. The van der Waals surface area contributed by atoms with Crippen molar-refractivity contribution in [3.8, 4) is 23.0 Å². The predicted molar refractivity (Wildman–Crippen MR) is 156 cm³/mol. The number of rotatable bonds is 3. The smallest absolute Gasteiger partial charge is 0.138 e. The Morgan fingerprint density at radius 1 is 0.421 bits per heavy atom. The minimum atomic E-state index is -0.584. The largest absolute Gasteiger partial charge is 0.294 e. The standard InChI is InChI=1S/C34H22N4/c1-5-17-29-23(11-1)24-12-2-6-18-30(24)37(29)33-21-9-15-27(35-33)28-16-10-22-34(36-28)38-31-19-7-3-13-25(31)26-14-4-8-20-32(26)38/h1-22H/i1D,2D,3D,4D,5D,6D,7D,8D,11D,12D,13D,14D,17D,18D,19D,20D. The normalized spacial score (nSPS) is 17.6. The van der Waals surface area contributed by atoms with Crippen LogP contribution in [0, 0.1) is 0 Å². The molecule has 0 fully saturated rings. The molecule has 38 heavy (non-hydrogen) atoms. The molecule has 4 heterocycles. The molecular weight excluding hydrogens is 464 g/mol. The highest BCUT2D eigenvalue weighted by Crippen LogP contribution is 2.33. The maximum absolute atomic E-state index is 8.80. The average Bonchev–Trinajstić information content (AvgIpc) is 3.73. The molecule has 0 spiro atoms. The van der Waals surface area contributed by atoms with E-state index in [2.05, 4.69) is 0 Å². The Hall–Kier alpha value is -5.22. The van der Waals surface area contributed by atoms with Crippen molar-refractivity contribution in [1.29, 1.82) is 0 Å². The molecule has 4 aromatic heterocycles. The first-order valence-electron chi connectivity index (χ1n) is 19.5. The van der Waals surface area contributed by atoms with Crippen molar-refractivity contribution >= 4 is 43.6 Å². The highest BCUT2D eigenvalue weighted by molar-refractivity contribution is 6.10. The van der Waals surface area contributed by atoms with Gasteiger partial charge < -0.3 is 0 Å². The summed E-state index contributed by atoms with van der Waals surface area (Å²) in [7, 11) is 0. The van der Waals surface area contributed by atoms with Gasteiger partial charge in [-0.2, -0.15) is 0 Å². The van der Waals surface area contributed by atoms with E-state index in [1.54, 1.807) is 24.3 Å². The number of para-hydroxylation sites is 4. The number of nitrogens with zero attached hydrogens (tertiary/aromatic N) is 4. The summed E-state index contributed by atoms with van der Waals surface area (Å²) in [5, 5.41) is -0.460. The third-order valence-electron chi connectivity index (χ3n) is 6.25. The average molecular weight is 503 g/mol. The van der Waals surface area contributed by atoms with Gasteiger partial charge in [0.2, 0.25) is 0 Å². The highest BCUT2D eigenvalue weighted by atomic mass is 15.1. The lowest BCUT2D eigenvalue weighted by Gasteiger charge is -2.11. The molecular formula is C34H22N4. The summed E-state index contributed by atoms with van der Waals surface area (Å²) >= 11 is 0. The lowest BCUT2D eigenvalue weighted by atomic mass is 10.2. The molecule has 0 aliphatic carbocycles. The van der Waals surface area contributed by atoms with Gasteiger partial charge in [0, 0.05) is 21.5 Å². The van der Waals surface area contributed by atoms with E-state index in [1.165, 1.54) is 21.3 Å². The van der Waals surface area contributed by atoms with Crippen molar-refractivity contribution in [3.63, 3.8) is 0 Å². The van der Waals surface area contributed by atoms with Crippen molar-refractivity contribution in [2.75, 3.05) is 0 Å². The zero-order valence-electron chi connectivity index (χ0n) is 35.3. The molecule has 0 aliphatic rings. The van der Waals surface area contributed by atoms with Gasteiger partial charge in [-0.3, -0.25) is 9.13 Å². The first kappa shape index (κ1) is 10.6. The van der Waals surface area contributed by atoms with Gasteiger partial charge in [-0.15, -0.1) is 0 Å². The van der Waals surface area contributed by atoms with Crippen LogP contribution in [0.4, 0.5) is 0 Å². The van der Waals surface area contributed by atoms with Crippen LogP contribution in [-0.4, -0.2) is 19.1 Å². The van der Waals surface area contributed by atoms with Gasteiger partial charge in [-0.1, -0.05) is 84.6 Å². The topological polar surface area (TPSA) is 35.6 Å². The molecule has 0 amide bonds. The van der Waals surface area contributed by atoms with E-state index >= 15 is 0 Å². The monoisotopic (exact) mass is 502 g/mol. The van der Waals surface area contributed by atoms with Crippen molar-refractivity contribution < 1.29 is 21.9 Å². The summed E-state index contributed by atoms with van der Waals surface area (Å²) in [6.07, 6.45) is 0. The number of benzene rings is 4. The van der Waals surface area contributed by atoms with Gasteiger partial charge in [0.05, 0.1) is 55.4 Å². The molecule has 0 aliphatic heterocycles. The number of fused-ring (bicyclic) bond motifs is 6. The van der Waals surface area contributed by atoms with Crippen molar-refractivity contribution in [2.24, 2.45) is 0 Å². The van der Waals surface area contributed by atoms with E-state index in [4.69, 9.17) is 31.9 Å². The van der Waals surface area contributed by atoms with Gasteiger partial charge in [-0.05, 0) is 48.4 Å². The zero-order chi connectivity index (χ0) is 39.0. The Bertz CT molecular complexity index is 2670. The molecule has 0 saturated carbocycles. The Morgan fingerprint density at radius 2 is 0.737 bits per heavy atom. The summed E-state index contributed by atoms with van der Waals surface area (Å²) in [4.78, 5) is 9.47. The maximum atomic E-state index is 8.80. The predicted octanol–water partition coefficient (Wildman–Crippen LogP) is 8.34. The second kappa shape index (κ2) is 8.15. The zero-order valence-corrected chi connectivity index (χ0v) is 19.3. The van der Waals surface area contributed by atoms with Crippen molar-refractivity contribution in [1.82, 2.24) is 19.1 Å². The summed E-state index contributed by atoms with van der Waals surface area (Å²) in [5.41, 5.74) is -0.136. The van der Waals surface area contributed by atoms with Crippen LogP contribution in [-0.2, 0) is 0 Å². The van der Waals surface area contributed by atoms with Gasteiger partial charge in [0.25, 0.3) is 0 Å². The number of pyridine rings is 2. The van der Waals surface area contributed by atoms with E-state index in [0.717, 1.165) is 0 Å². The Labute approximate surface area is 241 Å². The highest BCUT2D eigenvalue weighted by Gasteiger charge is 2.15. The summed E-state index contributed by atoms with van der Waals surface area (Å²) < 4.78 is 139. The molecule has 0 unspecified atom stereocenters. The molecule has 0 atom stereocenters. The molecule has 8 aromatic rings. The van der Waals surface area contributed by atoms with Crippen LogP contribution in [0.15, 0.2) is 133 Å². The van der Waals surface area contributed by atoms with Crippen LogP contribution >= 0.6 is 0 Å². The Balaban J connectivity index is 1.44. The third-order valence-corrected chi connectivity index (χ3v) is 6.25. The lowest BCUT2D eigenvalue weighted by molar-refractivity contribution is 1.06. The minimum absolute atomic E-state index is 0.0230. The number of hydrogen-bond acceptors (Lipinski definition) is 2. The quantitative estimate of drug-likeness (QED) is 0.243. The maximum Gasteiger partial charge on any atom is 0.138 e. The number of hydrogen-bond donors (Lipinski definition) is 0. The van der Waals surface area contributed by atoms with Crippen LogP contribution < -0.4 is 0 Å². The molecule has 0 bridgehead atoms. The fraction of sp³-hybridized carbons (Fsp3) is 0. The van der Waals surface area contributed by atoms with Crippen LogP contribution in [0.5, 0.6) is 0 Å². The van der Waals surface area contributed by atoms with E-state index in [-0.39, 0.29) is 66.6 Å². The Kier molecular flexibility index (Phi) is 2.28. The third kappa shape index (κ3) is 3.04. The Morgan fingerprint density at radius 3 is 1.08 bits per heavy atom. The van der Waals surface area contributed by atoms with E-state index < -0.39 is 96.7 Å². The summed E-state index contributed by atoms with van der Waals surface area (Å²) in [6.45, 7) is 0. The molecule has 0 saturated heterocycles. The molecule has 178 valence electrons. The molecule has 8 rings (SSSR count). The molecule has 0 N–H and O–H groups in total. The lowest BCUT2D eigenvalue weighted by Crippen LogP contribution is -2.01. The molecule has 0 radical (unpaired) electrons. The first-order valence-corrected chi connectivity index (χ1v) is 11.5. The summed E-state index contributed by atoms with van der Waals surface area (Å²) in [5.74, 6) is 0.0460. The van der Waals surface area contributed by atoms with Crippen LogP contribution in [0.3, 0.4) is 0 Å². The van der Waals surface area contributed by atoms with Crippen LogP contribution in [0.2, 0.25) is 0 Å². The second-order valence-corrected chi connectivity index (χ2v) is 8.33. The van der Waals surface area contributed by atoms with Gasteiger partial charge in [0.15, 0.2) is 0 Å². The second-order valence-electron chi connectivity index (χ2n) is 8.33. The van der Waals surface area contributed by atoms with Gasteiger partial charge >= 0.3 is 0 Å². The molecule has 4 heteroatoms. The van der Waals surface area contributed by atoms with E-state index in [9.17, 15) is 0 Å². The molecule has 4 aromatic carbocycles. The first-order chi connectivity index (χ1) is 25.5. The van der Waals surface area contributed by atoms with E-state index in [0.29, 0.717) is 0 Å². The van der Waals surface area contributed by atoms with Gasteiger partial charge in [0.1, 0.15) is 11.6 Å². The SMILES string of the molecule is [2H]c1c([2H])c([2H])c2c(c1[2H])c1c([2H])c([2H])c([2H])c([2H])c1n2-c1cccc(-c2cccc(-n3c4c([2H])c([2H])c([2H])c([2H])c4c4c([2H])c([2H])c([2H])c([2H])c43)n2)n1. The van der Waals surface area contributed by atoms with Crippen molar-refractivity contribution in [3.05, 3.63) is 133 Å². The van der Waals surface area contributed by atoms with Crippen LogP contribution in [0.1, 0.15) is 21.9 Å². The fourth-order valence-electron chi connectivity index (χ4n) is 4.68. The van der Waals surface area contributed by atoms with E-state index in [1.807, 2.05) is 0 Å². The van der Waals surface area contributed by atoms with Crippen molar-refractivity contribution in [2.45, 2.75) is 0 Å². The van der Waals surface area contributed by atoms with Gasteiger partial charge in [-0.25, -0.2) is 9.97 Å².